The molecule has 1 aliphatic carbocycles. The Kier molecular flexibility index (Phi) is 5.21. The Morgan fingerprint density at radius 2 is 1.65 bits per heavy atom. The van der Waals surface area contributed by atoms with Gasteiger partial charge in [-0.25, -0.2) is 0 Å². The Balaban J connectivity index is 1.67. The van der Waals surface area contributed by atoms with Crippen LogP contribution >= 0.6 is 0 Å². The molecule has 130 valence electrons. The van der Waals surface area contributed by atoms with Crippen molar-refractivity contribution in [3.63, 3.8) is 0 Å². The van der Waals surface area contributed by atoms with E-state index in [4.69, 9.17) is 4.74 Å². The Labute approximate surface area is 137 Å². The molecule has 2 saturated heterocycles. The Bertz CT molecular complexity index is 440. The van der Waals surface area contributed by atoms with E-state index < -0.39 is 11.4 Å². The van der Waals surface area contributed by atoms with Gasteiger partial charge in [-0.2, -0.15) is 0 Å². The maximum atomic E-state index is 13.0. The van der Waals surface area contributed by atoms with Crippen LogP contribution in [0, 0.1) is 5.41 Å². The number of amides is 1. The number of ether oxygens (including phenoxy) is 1. The van der Waals surface area contributed by atoms with Crippen LogP contribution in [-0.2, 0) is 14.3 Å². The van der Waals surface area contributed by atoms with E-state index in [9.17, 15) is 14.7 Å². The zero-order chi connectivity index (χ0) is 16.3. The van der Waals surface area contributed by atoms with Crippen LogP contribution in [0.25, 0.3) is 0 Å². The summed E-state index contributed by atoms with van der Waals surface area (Å²) in [4.78, 5) is 29.2. The van der Waals surface area contributed by atoms with Gasteiger partial charge in [0.15, 0.2) is 0 Å². The van der Waals surface area contributed by atoms with Crippen molar-refractivity contribution in [1.29, 1.82) is 0 Å². The van der Waals surface area contributed by atoms with Crippen molar-refractivity contribution >= 4 is 11.9 Å². The smallest absolute Gasteiger partial charge is 0.319 e. The number of carboxylic acid groups (broad SMARTS) is 1. The molecule has 0 aromatic rings. The Morgan fingerprint density at radius 1 is 1.00 bits per heavy atom. The quantitative estimate of drug-likeness (QED) is 0.627. The number of carbonyl (C=O) groups excluding carboxylic acids is 1. The minimum Gasteiger partial charge on any atom is -0.480 e. The lowest BCUT2D eigenvalue weighted by Crippen LogP contribution is -2.50. The summed E-state index contributed by atoms with van der Waals surface area (Å²) in [6.45, 7) is 4.70. The number of carboxylic acids is 1. The molecule has 3 rings (SSSR count). The molecule has 1 amide bonds. The maximum Gasteiger partial charge on any atom is 0.319 e. The third kappa shape index (κ3) is 3.38. The van der Waals surface area contributed by atoms with Crippen molar-refractivity contribution in [3.05, 3.63) is 0 Å². The van der Waals surface area contributed by atoms with Gasteiger partial charge in [0.25, 0.3) is 0 Å². The first-order valence-electron chi connectivity index (χ1n) is 8.98. The molecule has 3 aliphatic rings. The summed E-state index contributed by atoms with van der Waals surface area (Å²) in [7, 11) is 0. The Hall–Kier alpha value is -1.14. The summed E-state index contributed by atoms with van der Waals surface area (Å²) in [5.41, 5.74) is -1.17. The van der Waals surface area contributed by atoms with Crippen LogP contribution in [0.15, 0.2) is 0 Å². The zero-order valence-electron chi connectivity index (χ0n) is 13.8. The van der Waals surface area contributed by atoms with Gasteiger partial charge in [-0.05, 0) is 19.3 Å². The second kappa shape index (κ2) is 7.18. The highest BCUT2D eigenvalue weighted by Gasteiger charge is 2.49. The minimum atomic E-state index is -1.17. The van der Waals surface area contributed by atoms with Gasteiger partial charge in [0.1, 0.15) is 5.41 Å². The summed E-state index contributed by atoms with van der Waals surface area (Å²) >= 11 is 0. The SMILES string of the molecule is O=C(O)C1(C(=O)N2CCC(N3CCOCC3)C2)CCCCCC1. The van der Waals surface area contributed by atoms with Gasteiger partial charge in [-0.1, -0.05) is 25.7 Å². The molecule has 1 saturated carbocycles. The van der Waals surface area contributed by atoms with Crippen molar-refractivity contribution in [2.45, 2.75) is 51.0 Å². The first kappa shape index (κ1) is 16.7. The lowest BCUT2D eigenvalue weighted by Gasteiger charge is -2.34. The third-order valence-electron chi connectivity index (χ3n) is 5.79. The first-order valence-corrected chi connectivity index (χ1v) is 8.98. The van der Waals surface area contributed by atoms with E-state index in [-0.39, 0.29) is 5.91 Å². The number of aliphatic carboxylic acids is 1. The number of carbonyl (C=O) groups is 2. The predicted molar refractivity (Wildman–Crippen MR) is 85.1 cm³/mol. The van der Waals surface area contributed by atoms with Crippen molar-refractivity contribution in [3.8, 4) is 0 Å². The van der Waals surface area contributed by atoms with E-state index >= 15 is 0 Å². The molecular formula is C17H28N2O4. The summed E-state index contributed by atoms with van der Waals surface area (Å²) in [5.74, 6) is -1.05. The molecule has 0 bridgehead atoms. The van der Waals surface area contributed by atoms with Gasteiger partial charge in [0.2, 0.25) is 5.91 Å². The Morgan fingerprint density at radius 3 is 2.26 bits per heavy atom. The highest BCUT2D eigenvalue weighted by atomic mass is 16.5. The molecule has 6 nitrogen and oxygen atoms in total. The highest BCUT2D eigenvalue weighted by molar-refractivity contribution is 6.02. The fraction of sp³-hybridized carbons (Fsp3) is 0.882. The molecule has 2 heterocycles. The molecule has 0 spiro atoms. The number of nitrogens with zero attached hydrogens (tertiary/aromatic N) is 2. The first-order chi connectivity index (χ1) is 11.1. The van der Waals surface area contributed by atoms with Gasteiger partial charge in [-0.3, -0.25) is 14.5 Å². The molecule has 0 aromatic carbocycles. The monoisotopic (exact) mass is 324 g/mol. The average molecular weight is 324 g/mol. The lowest BCUT2D eigenvalue weighted by molar-refractivity contribution is -0.161. The van der Waals surface area contributed by atoms with Crippen LogP contribution in [0.4, 0.5) is 0 Å². The van der Waals surface area contributed by atoms with Gasteiger partial charge >= 0.3 is 5.97 Å². The molecule has 1 N–H and O–H groups in total. The zero-order valence-corrected chi connectivity index (χ0v) is 13.8. The van der Waals surface area contributed by atoms with E-state index in [2.05, 4.69) is 4.90 Å². The second-order valence-electron chi connectivity index (χ2n) is 7.14. The molecule has 0 aromatic heterocycles. The molecule has 6 heteroatoms. The van der Waals surface area contributed by atoms with Crippen LogP contribution in [0.5, 0.6) is 0 Å². The lowest BCUT2D eigenvalue weighted by atomic mass is 9.79. The van der Waals surface area contributed by atoms with Crippen molar-refractivity contribution < 1.29 is 19.4 Å². The van der Waals surface area contributed by atoms with Crippen LogP contribution < -0.4 is 0 Å². The van der Waals surface area contributed by atoms with Gasteiger partial charge in [0.05, 0.1) is 13.2 Å². The fourth-order valence-corrected chi connectivity index (χ4v) is 4.32. The molecule has 0 radical (unpaired) electrons. The van der Waals surface area contributed by atoms with Crippen molar-refractivity contribution in [2.75, 3.05) is 39.4 Å². The number of hydrogen-bond acceptors (Lipinski definition) is 4. The molecule has 3 fully saturated rings. The highest BCUT2D eigenvalue weighted by Crippen LogP contribution is 2.38. The number of likely N-dealkylation sites (tertiary alicyclic amines) is 1. The van der Waals surface area contributed by atoms with E-state index in [1.165, 1.54) is 0 Å². The van der Waals surface area contributed by atoms with E-state index in [0.717, 1.165) is 58.4 Å². The summed E-state index contributed by atoms with van der Waals surface area (Å²) in [5, 5.41) is 9.78. The van der Waals surface area contributed by atoms with Gasteiger partial charge in [-0.15, -0.1) is 0 Å². The average Bonchev–Trinajstić information content (AvgIpc) is 2.92. The normalized spacial score (nSPS) is 29.2. The summed E-state index contributed by atoms with van der Waals surface area (Å²) in [6, 6.07) is 0.361. The van der Waals surface area contributed by atoms with Crippen LogP contribution in [-0.4, -0.2) is 72.2 Å². The van der Waals surface area contributed by atoms with Crippen LogP contribution in [0.3, 0.4) is 0 Å². The summed E-state index contributed by atoms with van der Waals surface area (Å²) < 4.78 is 5.39. The molecule has 23 heavy (non-hydrogen) atoms. The molecular weight excluding hydrogens is 296 g/mol. The van der Waals surface area contributed by atoms with Crippen molar-refractivity contribution in [1.82, 2.24) is 9.80 Å². The molecule has 1 atom stereocenters. The van der Waals surface area contributed by atoms with Gasteiger partial charge in [0, 0.05) is 32.2 Å². The number of rotatable bonds is 3. The van der Waals surface area contributed by atoms with Gasteiger partial charge < -0.3 is 14.7 Å². The van der Waals surface area contributed by atoms with Crippen LogP contribution in [0.1, 0.15) is 44.9 Å². The minimum absolute atomic E-state index is 0.136. The number of hydrogen-bond donors (Lipinski definition) is 1. The maximum absolute atomic E-state index is 13.0. The standard InChI is InChI=1S/C17H28N2O4/c20-15(17(16(21)22)6-3-1-2-4-7-17)19-8-5-14(13-19)18-9-11-23-12-10-18/h14H,1-13H2,(H,21,22). The van der Waals surface area contributed by atoms with E-state index in [1.54, 1.807) is 0 Å². The second-order valence-corrected chi connectivity index (χ2v) is 7.14. The third-order valence-corrected chi connectivity index (χ3v) is 5.79. The van der Waals surface area contributed by atoms with E-state index in [1.807, 2.05) is 4.90 Å². The summed E-state index contributed by atoms with van der Waals surface area (Å²) in [6.07, 6.45) is 5.72. The largest absolute Gasteiger partial charge is 0.480 e. The molecule has 1 unspecified atom stereocenters. The fourth-order valence-electron chi connectivity index (χ4n) is 4.32. The molecule has 2 aliphatic heterocycles. The predicted octanol–water partition coefficient (Wildman–Crippen LogP) is 1.34. The van der Waals surface area contributed by atoms with E-state index in [0.29, 0.717) is 32.0 Å². The number of morpholine rings is 1. The van der Waals surface area contributed by atoms with Crippen LogP contribution in [0.2, 0.25) is 0 Å². The topological polar surface area (TPSA) is 70.1 Å². The van der Waals surface area contributed by atoms with Crippen molar-refractivity contribution in [2.24, 2.45) is 5.41 Å².